The second kappa shape index (κ2) is 10.1. The van der Waals surface area contributed by atoms with Gasteiger partial charge >= 0.3 is 6.09 Å². The predicted molar refractivity (Wildman–Crippen MR) is 127 cm³/mol. The van der Waals surface area contributed by atoms with Crippen molar-refractivity contribution in [2.24, 2.45) is 0 Å². The molecule has 1 saturated heterocycles. The summed E-state index contributed by atoms with van der Waals surface area (Å²) in [6.07, 6.45) is 2.90. The maximum Gasteiger partial charge on any atom is 0.410 e. The van der Waals surface area contributed by atoms with Crippen LogP contribution >= 0.6 is 0 Å². The summed E-state index contributed by atoms with van der Waals surface area (Å²) < 4.78 is 32.2. The number of nitrogen functional groups attached to an aromatic ring is 1. The van der Waals surface area contributed by atoms with E-state index in [0.29, 0.717) is 43.9 Å². The second-order valence-electron chi connectivity index (χ2n) is 11.0. The Balaban J connectivity index is 2.09. The lowest BCUT2D eigenvalue weighted by Crippen LogP contribution is -2.56. The van der Waals surface area contributed by atoms with Crippen LogP contribution in [0.15, 0.2) is 12.4 Å². The number of halogens is 1. The molecule has 7 nitrogen and oxygen atoms in total. The first-order chi connectivity index (χ1) is 14.6. The van der Waals surface area contributed by atoms with E-state index in [2.05, 4.69) is 38.8 Å². The summed E-state index contributed by atoms with van der Waals surface area (Å²) in [5, 5.41) is 0.0658. The Labute approximate surface area is 192 Å². The fraction of sp³-hybridized carbons (Fsp3) is 0.739. The Morgan fingerprint density at radius 3 is 2.50 bits per heavy atom. The molecule has 0 aromatic carbocycles. The number of nitrogens with two attached hydrogens (primary N) is 1. The third kappa shape index (κ3) is 7.15. The van der Waals surface area contributed by atoms with Crippen LogP contribution in [0.25, 0.3) is 0 Å². The average Bonchev–Trinajstić information content (AvgIpc) is 2.64. The molecule has 2 heterocycles. The van der Waals surface area contributed by atoms with Crippen LogP contribution in [0, 0.1) is 5.82 Å². The molecule has 0 radical (unpaired) electrons. The second-order valence-corrected chi connectivity index (χ2v) is 15.9. The molecule has 1 amide bonds. The van der Waals surface area contributed by atoms with Gasteiger partial charge in [-0.2, -0.15) is 0 Å². The van der Waals surface area contributed by atoms with Gasteiger partial charge in [0.1, 0.15) is 11.4 Å². The summed E-state index contributed by atoms with van der Waals surface area (Å²) in [5.74, 6) is -0.426. The molecule has 1 aromatic heterocycles. The van der Waals surface area contributed by atoms with Crippen LogP contribution in [0.4, 0.5) is 14.9 Å². The maximum absolute atomic E-state index is 14.1. The van der Waals surface area contributed by atoms with Crippen LogP contribution in [0.2, 0.25) is 18.1 Å². The van der Waals surface area contributed by atoms with Crippen LogP contribution in [0.1, 0.15) is 53.5 Å². The number of hydrogen-bond acceptors (Lipinski definition) is 6. The van der Waals surface area contributed by atoms with E-state index >= 15 is 0 Å². The van der Waals surface area contributed by atoms with E-state index in [1.54, 1.807) is 4.90 Å². The van der Waals surface area contributed by atoms with Gasteiger partial charge in [-0.25, -0.2) is 9.18 Å². The van der Waals surface area contributed by atoms with E-state index in [9.17, 15) is 9.18 Å². The van der Waals surface area contributed by atoms with Gasteiger partial charge in [0.15, 0.2) is 8.32 Å². The molecule has 182 valence electrons. The highest BCUT2D eigenvalue weighted by Crippen LogP contribution is 2.37. The first-order valence-corrected chi connectivity index (χ1v) is 14.1. The highest BCUT2D eigenvalue weighted by Gasteiger charge is 2.40. The number of amides is 1. The van der Waals surface area contributed by atoms with Crippen LogP contribution in [0.5, 0.6) is 0 Å². The van der Waals surface area contributed by atoms with Crippen molar-refractivity contribution in [3.63, 3.8) is 0 Å². The summed E-state index contributed by atoms with van der Waals surface area (Å²) >= 11 is 0. The Bertz CT molecular complexity index is 772. The lowest BCUT2D eigenvalue weighted by Gasteiger charge is -2.43. The Kier molecular flexibility index (Phi) is 8.34. The van der Waals surface area contributed by atoms with E-state index < -0.39 is 19.7 Å². The van der Waals surface area contributed by atoms with Crippen molar-refractivity contribution in [1.82, 2.24) is 9.88 Å². The van der Waals surface area contributed by atoms with Gasteiger partial charge in [-0.15, -0.1) is 0 Å². The third-order valence-corrected chi connectivity index (χ3v) is 10.7. The summed E-state index contributed by atoms with van der Waals surface area (Å²) in [7, 11) is -1.98. The van der Waals surface area contributed by atoms with Crippen LogP contribution in [0.3, 0.4) is 0 Å². The molecule has 1 aliphatic heterocycles. The van der Waals surface area contributed by atoms with E-state index in [-0.39, 0.29) is 23.3 Å². The first-order valence-electron chi connectivity index (χ1n) is 11.2. The van der Waals surface area contributed by atoms with Gasteiger partial charge in [-0.1, -0.05) is 20.8 Å². The van der Waals surface area contributed by atoms with E-state index in [1.165, 1.54) is 6.20 Å². The SMILES string of the molecule is CC(C)(C)OC(=O)N1C[C@@H](CCc2c(N)cncc2F)OC[C@H]1CO[Si](C)(C)C(C)(C)C. The van der Waals surface area contributed by atoms with Crippen molar-refractivity contribution in [1.29, 1.82) is 0 Å². The molecule has 0 saturated carbocycles. The van der Waals surface area contributed by atoms with Crippen molar-refractivity contribution in [2.75, 3.05) is 25.5 Å². The molecule has 32 heavy (non-hydrogen) atoms. The van der Waals surface area contributed by atoms with Crippen LogP contribution in [-0.4, -0.2) is 61.8 Å². The monoisotopic (exact) mass is 469 g/mol. The number of carbonyl (C=O) groups is 1. The number of nitrogens with zero attached hydrogens (tertiary/aromatic N) is 2. The zero-order valence-corrected chi connectivity index (χ0v) is 21.8. The highest BCUT2D eigenvalue weighted by molar-refractivity contribution is 6.74. The summed E-state index contributed by atoms with van der Waals surface area (Å²) in [4.78, 5) is 18.5. The van der Waals surface area contributed by atoms with Crippen molar-refractivity contribution in [2.45, 2.75) is 90.3 Å². The lowest BCUT2D eigenvalue weighted by molar-refractivity contribution is -0.0809. The zero-order chi connectivity index (χ0) is 24.3. The standard InChI is InChI=1S/C23H40FN3O4Si/c1-22(2,3)31-21(28)27-13-17(9-10-18-19(24)11-26-12-20(18)25)29-14-16(27)15-30-32(7,8)23(4,5)6/h11-12,16-17H,9-10,13-15,25H2,1-8H3/t16-,17+/m0/s1. The molecule has 0 unspecified atom stereocenters. The quantitative estimate of drug-likeness (QED) is 0.605. The Morgan fingerprint density at radius 1 is 1.28 bits per heavy atom. The maximum atomic E-state index is 14.1. The number of anilines is 1. The molecule has 2 rings (SSSR count). The molecule has 1 aromatic rings. The lowest BCUT2D eigenvalue weighted by atomic mass is 10.0. The molecule has 0 spiro atoms. The molecule has 1 aliphatic rings. The molecule has 9 heteroatoms. The number of pyridine rings is 1. The number of ether oxygens (including phenoxy) is 2. The first kappa shape index (κ1) is 26.5. The van der Waals surface area contributed by atoms with Crippen LogP contribution < -0.4 is 5.73 Å². The fourth-order valence-electron chi connectivity index (χ4n) is 3.18. The van der Waals surface area contributed by atoms with E-state index in [0.717, 1.165) is 6.20 Å². The fourth-order valence-corrected chi connectivity index (χ4v) is 4.22. The topological polar surface area (TPSA) is 86.9 Å². The third-order valence-electron chi connectivity index (χ3n) is 6.19. The van der Waals surface area contributed by atoms with Crippen molar-refractivity contribution < 1.29 is 23.1 Å². The Morgan fingerprint density at radius 2 is 1.94 bits per heavy atom. The molecule has 0 bridgehead atoms. The van der Waals surface area contributed by atoms with Crippen molar-refractivity contribution in [3.8, 4) is 0 Å². The number of hydrogen-bond donors (Lipinski definition) is 1. The smallest absolute Gasteiger partial charge is 0.410 e. The zero-order valence-electron chi connectivity index (χ0n) is 20.8. The minimum Gasteiger partial charge on any atom is -0.444 e. The molecule has 0 aliphatic carbocycles. The summed E-state index contributed by atoms with van der Waals surface area (Å²) in [6, 6.07) is -0.238. The van der Waals surface area contributed by atoms with E-state index in [4.69, 9.17) is 19.6 Å². The van der Waals surface area contributed by atoms with Gasteiger partial charge in [0.2, 0.25) is 0 Å². The number of carbonyl (C=O) groups excluding carboxylic acids is 1. The highest BCUT2D eigenvalue weighted by atomic mass is 28.4. The van der Waals surface area contributed by atoms with Gasteiger partial charge in [0, 0.05) is 5.56 Å². The van der Waals surface area contributed by atoms with Gasteiger partial charge in [-0.3, -0.25) is 9.88 Å². The molecule has 2 atom stereocenters. The van der Waals surface area contributed by atoms with Gasteiger partial charge < -0.3 is 19.6 Å². The Hall–Kier alpha value is -1.71. The van der Waals surface area contributed by atoms with Crippen molar-refractivity contribution in [3.05, 3.63) is 23.8 Å². The van der Waals surface area contributed by atoms with Crippen molar-refractivity contribution >= 4 is 20.1 Å². The number of morpholine rings is 1. The minimum absolute atomic E-state index is 0.0658. The minimum atomic E-state index is -1.98. The summed E-state index contributed by atoms with van der Waals surface area (Å²) in [5.41, 5.74) is 6.02. The normalized spacial score (nSPS) is 20.3. The number of aromatic nitrogens is 1. The average molecular weight is 470 g/mol. The molecular weight excluding hydrogens is 429 g/mol. The van der Waals surface area contributed by atoms with E-state index in [1.807, 2.05) is 20.8 Å². The largest absolute Gasteiger partial charge is 0.444 e. The molecular formula is C23H40FN3O4Si. The molecule has 1 fully saturated rings. The van der Waals surface area contributed by atoms with Gasteiger partial charge in [0.25, 0.3) is 0 Å². The van der Waals surface area contributed by atoms with Crippen LogP contribution in [-0.2, 0) is 20.3 Å². The summed E-state index contributed by atoms with van der Waals surface area (Å²) in [6.45, 7) is 17.5. The predicted octanol–water partition coefficient (Wildman–Crippen LogP) is 4.76. The van der Waals surface area contributed by atoms with Gasteiger partial charge in [-0.05, 0) is 51.7 Å². The number of rotatable bonds is 6. The molecule has 2 N–H and O–H groups in total. The van der Waals surface area contributed by atoms with Gasteiger partial charge in [0.05, 0.1) is 50.0 Å².